The zero-order valence-electron chi connectivity index (χ0n) is 16.5. The fraction of sp³-hybridized carbons (Fsp3) is 0.318. The average Bonchev–Trinajstić information content (AvgIpc) is 3.12. The lowest BCUT2D eigenvalue weighted by Gasteiger charge is -2.35. The van der Waals surface area contributed by atoms with E-state index in [2.05, 4.69) is 27.0 Å². The van der Waals surface area contributed by atoms with Gasteiger partial charge in [0.2, 0.25) is 5.91 Å². The first kappa shape index (κ1) is 19.5. The number of aromatic amines is 1. The minimum absolute atomic E-state index is 0.161. The first-order valence-corrected chi connectivity index (χ1v) is 10.8. The van der Waals surface area contributed by atoms with Gasteiger partial charge in [-0.2, -0.15) is 0 Å². The van der Waals surface area contributed by atoms with Crippen LogP contribution in [0.4, 0.5) is 5.82 Å². The number of hydrogen-bond donors (Lipinski definition) is 1. The number of carbonyl (C=O) groups is 1. The first-order chi connectivity index (χ1) is 14.2. The van der Waals surface area contributed by atoms with Gasteiger partial charge in [-0.1, -0.05) is 48.2 Å². The first-order valence-electron chi connectivity index (χ1n) is 9.85. The van der Waals surface area contributed by atoms with Crippen LogP contribution in [0.3, 0.4) is 0 Å². The van der Waals surface area contributed by atoms with E-state index in [4.69, 9.17) is 4.98 Å². The number of piperazine rings is 1. The second kappa shape index (κ2) is 9.13. The number of nitrogens with one attached hydrogen (secondary N) is 1. The van der Waals surface area contributed by atoms with Gasteiger partial charge in [0.1, 0.15) is 5.82 Å². The molecule has 1 fully saturated rings. The van der Waals surface area contributed by atoms with Crippen LogP contribution in [0.25, 0.3) is 0 Å². The van der Waals surface area contributed by atoms with Crippen molar-refractivity contribution in [3.63, 3.8) is 0 Å². The van der Waals surface area contributed by atoms with Gasteiger partial charge in [0.25, 0.3) is 0 Å². The van der Waals surface area contributed by atoms with Crippen molar-refractivity contribution >= 4 is 23.5 Å². The van der Waals surface area contributed by atoms with Gasteiger partial charge in [0, 0.05) is 44.5 Å². The van der Waals surface area contributed by atoms with Crippen LogP contribution in [-0.4, -0.2) is 57.7 Å². The Morgan fingerprint density at radius 2 is 1.83 bits per heavy atom. The Hall–Kier alpha value is -2.80. The van der Waals surface area contributed by atoms with E-state index in [0.717, 1.165) is 55.0 Å². The van der Waals surface area contributed by atoms with Crippen molar-refractivity contribution < 1.29 is 4.79 Å². The summed E-state index contributed by atoms with van der Waals surface area (Å²) in [6.45, 7) is 5.12. The number of pyridine rings is 1. The smallest absolute Gasteiger partial charge is 0.233 e. The molecule has 1 amide bonds. The van der Waals surface area contributed by atoms with Crippen molar-refractivity contribution in [3.05, 3.63) is 71.7 Å². The van der Waals surface area contributed by atoms with E-state index in [1.807, 2.05) is 48.2 Å². The third-order valence-corrected chi connectivity index (χ3v) is 5.97. The van der Waals surface area contributed by atoms with E-state index in [1.165, 1.54) is 17.3 Å². The van der Waals surface area contributed by atoms with Crippen LogP contribution in [0.1, 0.15) is 17.0 Å². The highest BCUT2D eigenvalue weighted by Gasteiger charge is 2.22. The van der Waals surface area contributed by atoms with E-state index >= 15 is 0 Å². The number of nitrogens with zero attached hydrogens (tertiary/aromatic N) is 4. The average molecular weight is 408 g/mol. The van der Waals surface area contributed by atoms with E-state index in [0.29, 0.717) is 5.75 Å². The Labute approximate surface area is 175 Å². The Morgan fingerprint density at radius 1 is 1.07 bits per heavy atom. The van der Waals surface area contributed by atoms with Crippen molar-refractivity contribution in [1.29, 1.82) is 0 Å². The topological polar surface area (TPSA) is 65.1 Å². The number of aryl methyl sites for hydroxylation is 1. The van der Waals surface area contributed by atoms with E-state index < -0.39 is 0 Å². The maximum Gasteiger partial charge on any atom is 0.233 e. The van der Waals surface area contributed by atoms with Crippen molar-refractivity contribution in [2.75, 3.05) is 36.8 Å². The number of anilines is 1. The summed E-state index contributed by atoms with van der Waals surface area (Å²) in [5, 5.41) is 0.814. The van der Waals surface area contributed by atoms with Gasteiger partial charge in [-0.15, -0.1) is 0 Å². The lowest BCUT2D eigenvalue weighted by atomic mass is 10.1. The number of aromatic nitrogens is 3. The Bertz CT molecular complexity index is 936. The van der Waals surface area contributed by atoms with Crippen LogP contribution in [-0.2, 0) is 11.2 Å². The molecule has 1 aliphatic rings. The quantitative estimate of drug-likeness (QED) is 0.636. The zero-order chi connectivity index (χ0) is 20.1. The summed E-state index contributed by atoms with van der Waals surface area (Å²) >= 11 is 1.48. The molecule has 7 heteroatoms. The number of amides is 1. The Balaban J connectivity index is 1.27. The molecule has 1 N–H and O–H groups in total. The van der Waals surface area contributed by atoms with Gasteiger partial charge >= 0.3 is 0 Å². The molecule has 0 bridgehead atoms. The summed E-state index contributed by atoms with van der Waals surface area (Å²) in [5.41, 5.74) is 3.34. The number of rotatable bonds is 6. The highest BCUT2D eigenvalue weighted by atomic mass is 32.2. The van der Waals surface area contributed by atoms with Crippen LogP contribution in [0.15, 0.2) is 59.9 Å². The number of hydrogen-bond acceptors (Lipinski definition) is 5. The fourth-order valence-electron chi connectivity index (χ4n) is 3.44. The van der Waals surface area contributed by atoms with Crippen LogP contribution < -0.4 is 4.90 Å². The lowest BCUT2D eigenvalue weighted by Crippen LogP contribution is -2.49. The molecular weight excluding hydrogens is 382 g/mol. The predicted octanol–water partition coefficient (Wildman–Crippen LogP) is 3.14. The molecule has 0 aliphatic carbocycles. The van der Waals surface area contributed by atoms with Crippen molar-refractivity contribution in [2.45, 2.75) is 18.5 Å². The molecule has 0 unspecified atom stereocenters. The van der Waals surface area contributed by atoms with Crippen LogP contribution >= 0.6 is 11.8 Å². The number of carbonyl (C=O) groups excluding carboxylic acids is 1. The molecule has 2 aromatic heterocycles. The molecule has 1 aromatic carbocycles. The second-order valence-corrected chi connectivity index (χ2v) is 8.08. The van der Waals surface area contributed by atoms with Crippen LogP contribution in [0.5, 0.6) is 0 Å². The summed E-state index contributed by atoms with van der Waals surface area (Å²) in [7, 11) is 0. The molecule has 0 saturated carbocycles. The molecule has 3 aromatic rings. The Kier molecular flexibility index (Phi) is 6.14. The SMILES string of the molecule is Cc1[nH]c(SCC(=O)N2CCN(c3ccccn3)CC2)nc1Cc1ccccc1. The number of H-pyrrole nitrogens is 1. The van der Waals surface area contributed by atoms with E-state index in [-0.39, 0.29) is 5.91 Å². The second-order valence-electron chi connectivity index (χ2n) is 7.12. The number of benzene rings is 1. The summed E-state index contributed by atoms with van der Waals surface area (Å²) in [6.07, 6.45) is 2.61. The molecule has 4 rings (SSSR count). The summed E-state index contributed by atoms with van der Waals surface area (Å²) in [6, 6.07) is 16.2. The molecule has 0 radical (unpaired) electrons. The molecule has 150 valence electrons. The summed E-state index contributed by atoms with van der Waals surface area (Å²) < 4.78 is 0. The van der Waals surface area contributed by atoms with Gasteiger partial charge in [-0.3, -0.25) is 4.79 Å². The molecule has 0 atom stereocenters. The zero-order valence-corrected chi connectivity index (χ0v) is 17.4. The largest absolute Gasteiger partial charge is 0.353 e. The third kappa shape index (κ3) is 4.98. The molecule has 29 heavy (non-hydrogen) atoms. The molecule has 0 spiro atoms. The lowest BCUT2D eigenvalue weighted by molar-refractivity contribution is -0.128. The monoisotopic (exact) mass is 407 g/mol. The minimum Gasteiger partial charge on any atom is -0.353 e. The van der Waals surface area contributed by atoms with Gasteiger partial charge in [-0.05, 0) is 24.6 Å². The third-order valence-electron chi connectivity index (χ3n) is 5.12. The molecular formula is C22H25N5OS. The molecule has 6 nitrogen and oxygen atoms in total. The summed E-state index contributed by atoms with van der Waals surface area (Å²) in [5.74, 6) is 1.54. The van der Waals surface area contributed by atoms with Crippen molar-refractivity contribution in [3.8, 4) is 0 Å². The van der Waals surface area contributed by atoms with Gasteiger partial charge < -0.3 is 14.8 Å². The van der Waals surface area contributed by atoms with Crippen LogP contribution in [0.2, 0.25) is 0 Å². The highest BCUT2D eigenvalue weighted by Crippen LogP contribution is 2.20. The normalized spacial score (nSPS) is 14.2. The fourth-order valence-corrected chi connectivity index (χ4v) is 4.29. The Morgan fingerprint density at radius 3 is 2.55 bits per heavy atom. The highest BCUT2D eigenvalue weighted by molar-refractivity contribution is 7.99. The number of thioether (sulfide) groups is 1. The van der Waals surface area contributed by atoms with Crippen molar-refractivity contribution in [2.24, 2.45) is 0 Å². The van der Waals surface area contributed by atoms with E-state index in [1.54, 1.807) is 6.20 Å². The van der Waals surface area contributed by atoms with E-state index in [9.17, 15) is 4.79 Å². The van der Waals surface area contributed by atoms with Gasteiger partial charge in [0.15, 0.2) is 5.16 Å². The molecule has 3 heterocycles. The molecule has 1 aliphatic heterocycles. The van der Waals surface area contributed by atoms with Crippen LogP contribution in [0, 0.1) is 6.92 Å². The standard InChI is InChI=1S/C22H25N5OS/c1-17-19(15-18-7-3-2-4-8-18)25-22(24-17)29-16-21(28)27-13-11-26(12-14-27)20-9-5-6-10-23-20/h2-10H,11-16H2,1H3,(H,24,25). The maximum absolute atomic E-state index is 12.6. The maximum atomic E-state index is 12.6. The van der Waals surface area contributed by atoms with Gasteiger partial charge in [0.05, 0.1) is 11.4 Å². The molecule has 1 saturated heterocycles. The van der Waals surface area contributed by atoms with Crippen molar-refractivity contribution in [1.82, 2.24) is 19.9 Å². The minimum atomic E-state index is 0.161. The van der Waals surface area contributed by atoms with Gasteiger partial charge in [-0.25, -0.2) is 9.97 Å². The predicted molar refractivity (Wildman–Crippen MR) is 116 cm³/mol. The summed E-state index contributed by atoms with van der Waals surface area (Å²) in [4.78, 5) is 29.2. The number of imidazole rings is 1.